The van der Waals surface area contributed by atoms with E-state index in [4.69, 9.17) is 11.6 Å². The number of urea groups is 1. The van der Waals surface area contributed by atoms with Crippen LogP contribution in [0.15, 0.2) is 18.2 Å². The van der Waals surface area contributed by atoms with Gasteiger partial charge < -0.3 is 5.32 Å². The molecule has 4 nitrogen and oxygen atoms in total. The van der Waals surface area contributed by atoms with Gasteiger partial charge in [0.2, 0.25) is 0 Å². The van der Waals surface area contributed by atoms with E-state index in [1.165, 1.54) is 0 Å². The van der Waals surface area contributed by atoms with E-state index in [1.54, 1.807) is 25.1 Å². The van der Waals surface area contributed by atoms with Gasteiger partial charge in [-0.25, -0.2) is 4.79 Å². The van der Waals surface area contributed by atoms with Gasteiger partial charge in [-0.15, -0.1) is 0 Å². The summed E-state index contributed by atoms with van der Waals surface area (Å²) in [5, 5.41) is 12.9. The van der Waals surface area contributed by atoms with Crippen molar-refractivity contribution in [2.24, 2.45) is 0 Å². The lowest BCUT2D eigenvalue weighted by Crippen LogP contribution is -2.37. The fraction of sp³-hybridized carbons (Fsp3) is 0.300. The molecule has 0 atom stereocenters. The molecule has 15 heavy (non-hydrogen) atoms. The van der Waals surface area contributed by atoms with E-state index in [1.807, 2.05) is 6.92 Å². The molecular formula is C10H13ClN2O2. The molecule has 0 aliphatic heterocycles. The number of carbonyl (C=O) groups excluding carboxylic acids is 1. The van der Waals surface area contributed by atoms with Gasteiger partial charge in [-0.2, -0.15) is 5.06 Å². The average Bonchev–Trinajstić information content (AvgIpc) is 2.21. The second-order valence-electron chi connectivity index (χ2n) is 3.10. The highest BCUT2D eigenvalue weighted by Crippen LogP contribution is 2.25. The van der Waals surface area contributed by atoms with Gasteiger partial charge in [0.1, 0.15) is 0 Å². The largest absolute Gasteiger partial charge is 0.345 e. The number of nitrogens with one attached hydrogen (secondary N) is 1. The second-order valence-corrected chi connectivity index (χ2v) is 3.51. The summed E-state index contributed by atoms with van der Waals surface area (Å²) in [7, 11) is 0. The minimum atomic E-state index is -0.593. The Morgan fingerprint density at radius 3 is 2.87 bits per heavy atom. The minimum absolute atomic E-state index is 0.280. The number of rotatable bonds is 2. The molecular weight excluding hydrogens is 216 g/mol. The Labute approximate surface area is 93.4 Å². The van der Waals surface area contributed by atoms with Crippen LogP contribution in [0.3, 0.4) is 0 Å². The van der Waals surface area contributed by atoms with Crippen molar-refractivity contribution in [2.45, 2.75) is 13.8 Å². The lowest BCUT2D eigenvalue weighted by Gasteiger charge is -2.16. The highest BCUT2D eigenvalue weighted by Gasteiger charge is 2.15. The second kappa shape index (κ2) is 5.00. The Bertz CT molecular complexity index is 368. The Morgan fingerprint density at radius 1 is 1.60 bits per heavy atom. The molecule has 1 rings (SSSR count). The number of hydrogen-bond donors (Lipinski definition) is 2. The number of benzene rings is 1. The van der Waals surface area contributed by atoms with Crippen molar-refractivity contribution in [1.82, 2.24) is 5.32 Å². The highest BCUT2D eigenvalue weighted by atomic mass is 35.5. The number of nitrogens with zero attached hydrogens (tertiary/aromatic N) is 1. The summed E-state index contributed by atoms with van der Waals surface area (Å²) in [6.45, 7) is 4.06. The van der Waals surface area contributed by atoms with Gasteiger partial charge in [-0.05, 0) is 31.5 Å². The zero-order valence-electron chi connectivity index (χ0n) is 8.62. The van der Waals surface area contributed by atoms with Crippen LogP contribution in [0.1, 0.15) is 12.5 Å². The van der Waals surface area contributed by atoms with Gasteiger partial charge in [0.15, 0.2) is 0 Å². The van der Waals surface area contributed by atoms with Crippen molar-refractivity contribution in [3.05, 3.63) is 28.8 Å². The molecule has 2 amide bonds. The maximum absolute atomic E-state index is 11.3. The zero-order valence-corrected chi connectivity index (χ0v) is 9.38. The van der Waals surface area contributed by atoms with Crippen LogP contribution in [0.25, 0.3) is 0 Å². The molecule has 0 aliphatic rings. The molecule has 0 radical (unpaired) electrons. The van der Waals surface area contributed by atoms with Gasteiger partial charge in [-0.3, -0.25) is 5.21 Å². The summed E-state index contributed by atoms with van der Waals surface area (Å²) in [4.78, 5) is 11.3. The topological polar surface area (TPSA) is 52.6 Å². The molecule has 5 heteroatoms. The number of halogens is 1. The minimum Gasteiger partial charge on any atom is -0.336 e. The van der Waals surface area contributed by atoms with Crippen molar-refractivity contribution in [3.8, 4) is 0 Å². The third-order valence-corrected chi connectivity index (χ3v) is 2.17. The number of hydroxylamine groups is 1. The summed E-state index contributed by atoms with van der Waals surface area (Å²) in [5.74, 6) is 0. The number of hydrogen-bond acceptors (Lipinski definition) is 2. The molecule has 0 bridgehead atoms. The summed E-state index contributed by atoms with van der Waals surface area (Å²) in [6, 6.07) is 4.48. The average molecular weight is 229 g/mol. The predicted molar refractivity (Wildman–Crippen MR) is 59.5 cm³/mol. The van der Waals surface area contributed by atoms with E-state index in [9.17, 15) is 10.0 Å². The van der Waals surface area contributed by atoms with E-state index >= 15 is 0 Å². The zero-order chi connectivity index (χ0) is 11.4. The smallest absolute Gasteiger partial charge is 0.336 e. The molecule has 0 fully saturated rings. The molecule has 1 aromatic rings. The number of amides is 2. The van der Waals surface area contributed by atoms with Gasteiger partial charge >= 0.3 is 6.03 Å². The normalized spacial score (nSPS) is 9.87. The molecule has 82 valence electrons. The fourth-order valence-corrected chi connectivity index (χ4v) is 1.32. The quantitative estimate of drug-likeness (QED) is 0.604. The van der Waals surface area contributed by atoms with Gasteiger partial charge in [0.25, 0.3) is 0 Å². The first-order valence-corrected chi connectivity index (χ1v) is 4.97. The molecule has 0 spiro atoms. The van der Waals surface area contributed by atoms with Crippen LogP contribution in [-0.2, 0) is 0 Å². The summed E-state index contributed by atoms with van der Waals surface area (Å²) < 4.78 is 0. The Kier molecular flexibility index (Phi) is 3.94. The lowest BCUT2D eigenvalue weighted by atomic mass is 10.2. The standard InChI is InChI=1S/C10H13ClN2O2/c1-3-12-10(14)13(15)9-6-7(2)4-5-8(9)11/h4-6,15H,3H2,1-2H3,(H,12,14). The van der Waals surface area contributed by atoms with Crippen LogP contribution in [-0.4, -0.2) is 17.8 Å². The first kappa shape index (κ1) is 11.8. The molecule has 0 heterocycles. The molecule has 0 aliphatic carbocycles. The molecule has 1 aromatic carbocycles. The highest BCUT2D eigenvalue weighted by molar-refractivity contribution is 6.33. The molecule has 2 N–H and O–H groups in total. The van der Waals surface area contributed by atoms with Crippen LogP contribution in [0, 0.1) is 6.92 Å². The van der Waals surface area contributed by atoms with Crippen molar-refractivity contribution in [2.75, 3.05) is 11.6 Å². The number of carbonyl (C=O) groups is 1. The van der Waals surface area contributed by atoms with E-state index in [-0.39, 0.29) is 5.69 Å². The first-order chi connectivity index (χ1) is 7.06. The Morgan fingerprint density at radius 2 is 2.27 bits per heavy atom. The van der Waals surface area contributed by atoms with Crippen LogP contribution in [0.4, 0.5) is 10.5 Å². The monoisotopic (exact) mass is 228 g/mol. The Balaban J connectivity index is 2.94. The molecule has 0 saturated carbocycles. The predicted octanol–water partition coefficient (Wildman–Crippen LogP) is 2.57. The van der Waals surface area contributed by atoms with Crippen molar-refractivity contribution in [3.63, 3.8) is 0 Å². The molecule has 0 unspecified atom stereocenters. The number of aryl methyl sites for hydroxylation is 1. The summed E-state index contributed by atoms with van der Waals surface area (Å²) >= 11 is 5.85. The van der Waals surface area contributed by atoms with E-state index < -0.39 is 6.03 Å². The van der Waals surface area contributed by atoms with E-state index in [0.717, 1.165) is 5.56 Å². The maximum Gasteiger partial charge on any atom is 0.345 e. The van der Waals surface area contributed by atoms with Crippen LogP contribution in [0.2, 0.25) is 5.02 Å². The SMILES string of the molecule is CCNC(=O)N(O)c1cc(C)ccc1Cl. The third kappa shape index (κ3) is 2.84. The van der Waals surface area contributed by atoms with Crippen molar-refractivity contribution < 1.29 is 10.0 Å². The maximum atomic E-state index is 11.3. The van der Waals surface area contributed by atoms with Crippen LogP contribution >= 0.6 is 11.6 Å². The van der Waals surface area contributed by atoms with Crippen LogP contribution in [0.5, 0.6) is 0 Å². The van der Waals surface area contributed by atoms with Crippen molar-refractivity contribution in [1.29, 1.82) is 0 Å². The molecule has 0 saturated heterocycles. The molecule has 0 aromatic heterocycles. The first-order valence-electron chi connectivity index (χ1n) is 4.59. The fourth-order valence-electron chi connectivity index (χ4n) is 1.12. The summed E-state index contributed by atoms with van der Waals surface area (Å²) in [5.41, 5.74) is 1.19. The Hall–Kier alpha value is -1.26. The number of anilines is 1. The lowest BCUT2D eigenvalue weighted by molar-refractivity contribution is 0.205. The van der Waals surface area contributed by atoms with Crippen LogP contribution < -0.4 is 10.4 Å². The summed E-state index contributed by atoms with van der Waals surface area (Å²) in [6.07, 6.45) is 0. The van der Waals surface area contributed by atoms with Gasteiger partial charge in [0, 0.05) is 6.54 Å². The van der Waals surface area contributed by atoms with E-state index in [0.29, 0.717) is 16.6 Å². The van der Waals surface area contributed by atoms with E-state index in [2.05, 4.69) is 5.32 Å². The third-order valence-electron chi connectivity index (χ3n) is 1.85. The van der Waals surface area contributed by atoms with Gasteiger partial charge in [-0.1, -0.05) is 17.7 Å². The van der Waals surface area contributed by atoms with Crippen molar-refractivity contribution >= 4 is 23.3 Å². The van der Waals surface area contributed by atoms with Gasteiger partial charge in [0.05, 0.1) is 10.7 Å².